The molecule has 156 valence electrons. The first-order valence-electron chi connectivity index (χ1n) is 9.07. The molecule has 0 bridgehead atoms. The van der Waals surface area contributed by atoms with E-state index < -0.39 is 29.3 Å². The fourth-order valence-electron chi connectivity index (χ4n) is 2.64. The van der Waals surface area contributed by atoms with Crippen LogP contribution in [0.4, 0.5) is 22.0 Å². The highest BCUT2D eigenvalue weighted by molar-refractivity contribution is 5.55. The van der Waals surface area contributed by atoms with Gasteiger partial charge in [0.2, 0.25) is 0 Å². The lowest BCUT2D eigenvalue weighted by Crippen LogP contribution is -2.18. The van der Waals surface area contributed by atoms with E-state index in [0.717, 1.165) is 23.8 Å². The first-order valence-corrected chi connectivity index (χ1v) is 9.07. The highest BCUT2D eigenvalue weighted by Crippen LogP contribution is 2.27. The Bertz CT molecular complexity index is 1210. The van der Waals surface area contributed by atoms with Crippen molar-refractivity contribution >= 4 is 0 Å². The summed E-state index contributed by atoms with van der Waals surface area (Å²) in [5.41, 5.74) is 1.65. The van der Waals surface area contributed by atoms with E-state index in [4.69, 9.17) is 0 Å². The second kappa shape index (κ2) is 8.93. The molecule has 0 spiro atoms. The second-order valence-electron chi connectivity index (χ2n) is 6.73. The van der Waals surface area contributed by atoms with Crippen LogP contribution in [-0.4, -0.2) is 6.36 Å². The average Bonchev–Trinajstić information content (AvgIpc) is 2.66. The number of benzene rings is 3. The topological polar surface area (TPSA) is 9.23 Å². The Kier molecular flexibility index (Phi) is 6.32. The Morgan fingerprint density at radius 1 is 0.677 bits per heavy atom. The highest BCUT2D eigenvalue weighted by Gasteiger charge is 2.32. The molecule has 0 amide bonds. The van der Waals surface area contributed by atoms with Crippen LogP contribution in [0.3, 0.4) is 0 Å². The zero-order chi connectivity index (χ0) is 22.6. The molecule has 1 nitrogen and oxygen atoms in total. The Morgan fingerprint density at radius 2 is 1.26 bits per heavy atom. The molecule has 0 unspecified atom stereocenters. The van der Waals surface area contributed by atoms with Crippen molar-refractivity contribution in [2.45, 2.75) is 20.2 Å². The molecule has 0 saturated heterocycles. The molecule has 31 heavy (non-hydrogen) atoms. The van der Waals surface area contributed by atoms with Crippen LogP contribution in [0.25, 0.3) is 0 Å². The molecule has 0 aliphatic heterocycles. The molecule has 6 heteroatoms. The number of halogens is 5. The fraction of sp³-hybridized carbons (Fsp3) is 0.120. The van der Waals surface area contributed by atoms with Crippen molar-refractivity contribution in [2.24, 2.45) is 0 Å². The highest BCUT2D eigenvalue weighted by atomic mass is 19.4. The number of hydrogen-bond donors (Lipinski definition) is 0. The van der Waals surface area contributed by atoms with E-state index in [0.29, 0.717) is 11.1 Å². The molecule has 0 aliphatic carbocycles. The predicted molar refractivity (Wildman–Crippen MR) is 107 cm³/mol. The van der Waals surface area contributed by atoms with Gasteiger partial charge in [-0.15, -0.1) is 13.2 Å². The number of rotatable bonds is 1. The molecule has 3 aromatic carbocycles. The van der Waals surface area contributed by atoms with Crippen LogP contribution in [-0.2, 0) is 0 Å². The summed E-state index contributed by atoms with van der Waals surface area (Å²) in [5.74, 6) is 7.98. The van der Waals surface area contributed by atoms with Gasteiger partial charge in [0.25, 0.3) is 0 Å². The number of hydrogen-bond acceptors (Lipinski definition) is 1. The quantitative estimate of drug-likeness (QED) is 0.329. The van der Waals surface area contributed by atoms with Gasteiger partial charge in [-0.1, -0.05) is 41.4 Å². The van der Waals surface area contributed by atoms with Crippen molar-refractivity contribution in [2.75, 3.05) is 0 Å². The molecular formula is C25H15F5O. The molecule has 0 heterocycles. The van der Waals surface area contributed by atoms with E-state index in [-0.39, 0.29) is 11.1 Å². The normalized spacial score (nSPS) is 10.5. The fourth-order valence-corrected chi connectivity index (χ4v) is 2.64. The molecule has 0 aromatic heterocycles. The summed E-state index contributed by atoms with van der Waals surface area (Å²) in [6.45, 7) is 3.43. The van der Waals surface area contributed by atoms with Crippen LogP contribution < -0.4 is 4.74 Å². The third-order valence-corrected chi connectivity index (χ3v) is 4.12. The lowest BCUT2D eigenvalue weighted by atomic mass is 10.1. The maximum atomic E-state index is 13.9. The van der Waals surface area contributed by atoms with Crippen molar-refractivity contribution in [3.63, 3.8) is 0 Å². The molecule has 0 atom stereocenters. The third-order valence-electron chi connectivity index (χ3n) is 4.12. The number of ether oxygens (including phenoxy) is 1. The Labute approximate surface area is 176 Å². The van der Waals surface area contributed by atoms with E-state index in [1.165, 1.54) is 19.1 Å². The number of aryl methyl sites for hydroxylation is 2. The third kappa shape index (κ3) is 6.10. The van der Waals surface area contributed by atoms with Crippen LogP contribution in [0.5, 0.6) is 5.75 Å². The van der Waals surface area contributed by atoms with Gasteiger partial charge in [0.15, 0.2) is 0 Å². The Morgan fingerprint density at radius 3 is 1.87 bits per heavy atom. The van der Waals surface area contributed by atoms with Gasteiger partial charge in [0.05, 0.1) is 11.1 Å². The summed E-state index contributed by atoms with van der Waals surface area (Å²) in [5, 5.41) is 0. The molecular weight excluding hydrogens is 411 g/mol. The monoisotopic (exact) mass is 426 g/mol. The minimum absolute atomic E-state index is 0.00357. The minimum Gasteiger partial charge on any atom is -0.404 e. The summed E-state index contributed by atoms with van der Waals surface area (Å²) < 4.78 is 70.5. The molecule has 3 rings (SSSR count). The van der Waals surface area contributed by atoms with E-state index in [9.17, 15) is 22.0 Å². The van der Waals surface area contributed by atoms with Gasteiger partial charge in [-0.3, -0.25) is 0 Å². The summed E-state index contributed by atoms with van der Waals surface area (Å²) in [7, 11) is 0. The molecule has 0 fully saturated rings. The van der Waals surface area contributed by atoms with Crippen molar-refractivity contribution in [3.8, 4) is 29.4 Å². The van der Waals surface area contributed by atoms with Crippen LogP contribution in [0.2, 0.25) is 0 Å². The molecule has 0 saturated carbocycles. The zero-order valence-electron chi connectivity index (χ0n) is 16.5. The van der Waals surface area contributed by atoms with Gasteiger partial charge in [-0.05, 0) is 61.9 Å². The summed E-state index contributed by atoms with van der Waals surface area (Å²) in [4.78, 5) is 0. The standard InChI is InChI=1S/C25H15F5O/c1-16-3-5-18(6-4-16)7-10-20-11-8-19(15-24(20)31-25(28,29)30)9-12-21-22(26)13-17(2)14-23(21)27/h3-6,8,11,13-15H,1-2H3. The van der Waals surface area contributed by atoms with Crippen LogP contribution in [0.15, 0.2) is 54.6 Å². The van der Waals surface area contributed by atoms with Crippen molar-refractivity contribution in [1.29, 1.82) is 0 Å². The maximum Gasteiger partial charge on any atom is 0.573 e. The van der Waals surface area contributed by atoms with Gasteiger partial charge in [0, 0.05) is 11.1 Å². The van der Waals surface area contributed by atoms with Crippen LogP contribution in [0.1, 0.15) is 33.4 Å². The minimum atomic E-state index is -4.94. The van der Waals surface area contributed by atoms with E-state index in [1.807, 2.05) is 19.1 Å². The summed E-state index contributed by atoms with van der Waals surface area (Å²) in [6.07, 6.45) is -4.94. The van der Waals surface area contributed by atoms with Crippen molar-refractivity contribution in [3.05, 3.63) is 99.6 Å². The first kappa shape index (κ1) is 21.9. The smallest absolute Gasteiger partial charge is 0.404 e. The largest absolute Gasteiger partial charge is 0.573 e. The van der Waals surface area contributed by atoms with E-state index in [1.54, 1.807) is 12.1 Å². The first-order chi connectivity index (χ1) is 14.6. The summed E-state index contributed by atoms with van der Waals surface area (Å²) in [6, 6.07) is 13.1. The SMILES string of the molecule is Cc1ccc(C#Cc2ccc(C#Cc3c(F)cc(C)cc3F)cc2OC(F)(F)F)cc1. The van der Waals surface area contributed by atoms with Crippen molar-refractivity contribution in [1.82, 2.24) is 0 Å². The van der Waals surface area contributed by atoms with Gasteiger partial charge >= 0.3 is 6.36 Å². The molecule has 0 aliphatic rings. The maximum absolute atomic E-state index is 13.9. The molecule has 3 aromatic rings. The van der Waals surface area contributed by atoms with Gasteiger partial charge in [-0.2, -0.15) is 0 Å². The lowest BCUT2D eigenvalue weighted by Gasteiger charge is -2.11. The van der Waals surface area contributed by atoms with Crippen molar-refractivity contribution < 1.29 is 26.7 Å². The lowest BCUT2D eigenvalue weighted by molar-refractivity contribution is -0.274. The van der Waals surface area contributed by atoms with Gasteiger partial charge in [0.1, 0.15) is 17.4 Å². The summed E-state index contributed by atoms with van der Waals surface area (Å²) >= 11 is 0. The molecule has 0 N–H and O–H groups in total. The Balaban J connectivity index is 1.99. The molecule has 0 radical (unpaired) electrons. The van der Waals surface area contributed by atoms with Crippen LogP contribution >= 0.6 is 0 Å². The average molecular weight is 426 g/mol. The predicted octanol–water partition coefficient (Wildman–Crippen LogP) is 6.28. The zero-order valence-corrected chi connectivity index (χ0v) is 16.5. The van der Waals surface area contributed by atoms with Gasteiger partial charge in [-0.25, -0.2) is 8.78 Å². The van der Waals surface area contributed by atoms with E-state index in [2.05, 4.69) is 28.4 Å². The Hall–Kier alpha value is -3.77. The second-order valence-corrected chi connectivity index (χ2v) is 6.73. The number of alkyl halides is 3. The van der Waals surface area contributed by atoms with Crippen LogP contribution in [0, 0.1) is 49.2 Å². The van der Waals surface area contributed by atoms with E-state index >= 15 is 0 Å². The van der Waals surface area contributed by atoms with Gasteiger partial charge < -0.3 is 4.74 Å².